The molecule has 5 heteroatoms. The zero-order chi connectivity index (χ0) is 11.1. The average molecular weight is 222 g/mol. The van der Waals surface area contributed by atoms with Crippen LogP contribution in [0.25, 0.3) is 0 Å². The summed E-state index contributed by atoms with van der Waals surface area (Å²) < 4.78 is 7.76. The number of nitrogens with two attached hydrogens (primary N) is 1. The van der Waals surface area contributed by atoms with Crippen molar-refractivity contribution in [3.05, 3.63) is 12.4 Å². The van der Waals surface area contributed by atoms with E-state index in [9.17, 15) is 0 Å². The van der Waals surface area contributed by atoms with Gasteiger partial charge >= 0.3 is 0 Å². The van der Waals surface area contributed by atoms with E-state index in [1.54, 1.807) is 0 Å². The molecule has 0 spiro atoms. The van der Waals surface area contributed by atoms with Crippen molar-refractivity contribution in [1.82, 2.24) is 9.55 Å². The SMILES string of the molecule is CCn1ccnc1NC1C(N)C2CCOC21. The number of aromatic nitrogens is 2. The smallest absolute Gasteiger partial charge is 0.203 e. The van der Waals surface area contributed by atoms with Crippen LogP contribution in [0.15, 0.2) is 12.4 Å². The van der Waals surface area contributed by atoms with Gasteiger partial charge in [-0.05, 0) is 13.3 Å². The fourth-order valence-electron chi connectivity index (χ4n) is 2.78. The highest BCUT2D eigenvalue weighted by Crippen LogP contribution is 2.39. The zero-order valence-electron chi connectivity index (χ0n) is 9.47. The monoisotopic (exact) mass is 222 g/mol. The Morgan fingerprint density at radius 1 is 1.69 bits per heavy atom. The lowest BCUT2D eigenvalue weighted by molar-refractivity contribution is 0.00499. The van der Waals surface area contributed by atoms with E-state index in [1.807, 2.05) is 12.4 Å². The Morgan fingerprint density at radius 2 is 2.56 bits per heavy atom. The summed E-state index contributed by atoms with van der Waals surface area (Å²) in [5.41, 5.74) is 6.14. The molecule has 16 heavy (non-hydrogen) atoms. The average Bonchev–Trinajstić information content (AvgIpc) is 2.92. The van der Waals surface area contributed by atoms with Crippen LogP contribution in [0.1, 0.15) is 13.3 Å². The van der Waals surface area contributed by atoms with E-state index in [0.717, 1.165) is 25.5 Å². The lowest BCUT2D eigenvalue weighted by atomic mass is 9.72. The molecule has 5 nitrogen and oxygen atoms in total. The maximum atomic E-state index is 6.14. The van der Waals surface area contributed by atoms with E-state index in [0.29, 0.717) is 5.92 Å². The largest absolute Gasteiger partial charge is 0.376 e. The number of nitrogens with one attached hydrogen (secondary N) is 1. The van der Waals surface area contributed by atoms with E-state index in [-0.39, 0.29) is 18.2 Å². The predicted octanol–water partition coefficient (Wildman–Crippen LogP) is 0.429. The molecule has 2 fully saturated rings. The molecule has 88 valence electrons. The molecule has 4 unspecified atom stereocenters. The second-order valence-corrected chi connectivity index (χ2v) is 4.57. The summed E-state index contributed by atoms with van der Waals surface area (Å²) in [6, 6.07) is 0.426. The Hall–Kier alpha value is -1.07. The first-order valence-corrected chi connectivity index (χ1v) is 5.96. The molecule has 1 aromatic heterocycles. The summed E-state index contributed by atoms with van der Waals surface area (Å²) >= 11 is 0. The lowest BCUT2D eigenvalue weighted by Gasteiger charge is -2.45. The number of hydrogen-bond donors (Lipinski definition) is 2. The molecule has 1 aromatic rings. The summed E-state index contributed by atoms with van der Waals surface area (Å²) in [6.07, 6.45) is 5.17. The van der Waals surface area contributed by atoms with Crippen molar-refractivity contribution in [2.24, 2.45) is 11.7 Å². The number of nitrogens with zero attached hydrogens (tertiary/aromatic N) is 2. The van der Waals surface area contributed by atoms with Crippen LogP contribution >= 0.6 is 0 Å². The first-order chi connectivity index (χ1) is 7.81. The van der Waals surface area contributed by atoms with Crippen LogP contribution in [-0.4, -0.2) is 34.3 Å². The quantitative estimate of drug-likeness (QED) is 0.778. The third kappa shape index (κ3) is 1.35. The minimum absolute atomic E-state index is 0.203. The summed E-state index contributed by atoms with van der Waals surface area (Å²) in [7, 11) is 0. The molecule has 1 saturated heterocycles. The highest BCUT2D eigenvalue weighted by atomic mass is 16.5. The van der Waals surface area contributed by atoms with Gasteiger partial charge in [0.1, 0.15) is 0 Å². The fourth-order valence-corrected chi connectivity index (χ4v) is 2.78. The summed E-state index contributed by atoms with van der Waals surface area (Å²) in [5, 5.41) is 3.40. The van der Waals surface area contributed by atoms with Crippen LogP contribution in [0, 0.1) is 5.92 Å². The van der Waals surface area contributed by atoms with Crippen molar-refractivity contribution in [1.29, 1.82) is 0 Å². The van der Waals surface area contributed by atoms with Crippen molar-refractivity contribution in [3.8, 4) is 0 Å². The van der Waals surface area contributed by atoms with Gasteiger partial charge in [0, 0.05) is 37.5 Å². The van der Waals surface area contributed by atoms with Gasteiger partial charge in [-0.1, -0.05) is 0 Å². The van der Waals surface area contributed by atoms with Gasteiger partial charge in [0.05, 0.1) is 12.1 Å². The van der Waals surface area contributed by atoms with Crippen LogP contribution in [0.2, 0.25) is 0 Å². The minimum Gasteiger partial charge on any atom is -0.376 e. The molecular weight excluding hydrogens is 204 g/mol. The van der Waals surface area contributed by atoms with E-state index in [2.05, 4.69) is 21.8 Å². The van der Waals surface area contributed by atoms with Gasteiger partial charge < -0.3 is 20.4 Å². The molecule has 1 saturated carbocycles. The minimum atomic E-state index is 0.203. The summed E-state index contributed by atoms with van der Waals surface area (Å²) in [5.74, 6) is 1.44. The van der Waals surface area contributed by atoms with Gasteiger partial charge in [-0.15, -0.1) is 0 Å². The second kappa shape index (κ2) is 3.75. The lowest BCUT2D eigenvalue weighted by Crippen LogP contribution is -2.65. The molecule has 0 amide bonds. The van der Waals surface area contributed by atoms with E-state index < -0.39 is 0 Å². The van der Waals surface area contributed by atoms with Gasteiger partial charge in [0.15, 0.2) is 0 Å². The Labute approximate surface area is 95.0 Å². The van der Waals surface area contributed by atoms with Gasteiger partial charge in [0.25, 0.3) is 0 Å². The molecule has 1 aliphatic heterocycles. The number of hydrogen-bond acceptors (Lipinski definition) is 4. The van der Waals surface area contributed by atoms with Gasteiger partial charge in [-0.3, -0.25) is 0 Å². The Balaban J connectivity index is 1.71. The van der Waals surface area contributed by atoms with Crippen LogP contribution in [0.4, 0.5) is 5.95 Å². The summed E-state index contributed by atoms with van der Waals surface area (Å²) in [4.78, 5) is 4.30. The zero-order valence-corrected chi connectivity index (χ0v) is 9.47. The number of anilines is 1. The standard InChI is InChI=1S/C11H18N4O/c1-2-15-5-4-13-11(15)14-9-8(12)7-3-6-16-10(7)9/h4-5,7-10H,2-3,6,12H2,1H3,(H,13,14). The summed E-state index contributed by atoms with van der Waals surface area (Å²) in [6.45, 7) is 3.87. The highest BCUT2D eigenvalue weighted by molar-refractivity contribution is 5.32. The molecule has 0 bridgehead atoms. The Bertz CT molecular complexity index is 378. The van der Waals surface area contributed by atoms with E-state index in [4.69, 9.17) is 10.5 Å². The molecule has 0 radical (unpaired) electrons. The molecule has 2 heterocycles. The molecule has 3 rings (SSSR count). The topological polar surface area (TPSA) is 65.1 Å². The van der Waals surface area contributed by atoms with E-state index in [1.165, 1.54) is 0 Å². The Kier molecular flexibility index (Phi) is 2.37. The molecule has 2 aliphatic rings. The number of ether oxygens (including phenoxy) is 1. The van der Waals surface area contributed by atoms with Crippen molar-refractivity contribution in [2.45, 2.75) is 38.1 Å². The molecule has 1 aliphatic carbocycles. The first-order valence-electron chi connectivity index (χ1n) is 5.96. The Morgan fingerprint density at radius 3 is 3.38 bits per heavy atom. The molecular formula is C11H18N4O. The number of aryl methyl sites for hydroxylation is 1. The second-order valence-electron chi connectivity index (χ2n) is 4.57. The van der Waals surface area contributed by atoms with Crippen LogP contribution in [0.3, 0.4) is 0 Å². The number of rotatable bonds is 3. The van der Waals surface area contributed by atoms with Crippen molar-refractivity contribution < 1.29 is 4.74 Å². The number of imidazole rings is 1. The maximum Gasteiger partial charge on any atom is 0.203 e. The number of fused-ring (bicyclic) bond motifs is 1. The van der Waals surface area contributed by atoms with Crippen LogP contribution in [0.5, 0.6) is 0 Å². The highest BCUT2D eigenvalue weighted by Gasteiger charge is 2.52. The van der Waals surface area contributed by atoms with Crippen molar-refractivity contribution in [2.75, 3.05) is 11.9 Å². The molecule has 0 aromatic carbocycles. The van der Waals surface area contributed by atoms with Crippen LogP contribution in [-0.2, 0) is 11.3 Å². The normalized spacial score (nSPS) is 36.9. The van der Waals surface area contributed by atoms with Crippen molar-refractivity contribution in [3.63, 3.8) is 0 Å². The van der Waals surface area contributed by atoms with Gasteiger partial charge in [-0.2, -0.15) is 0 Å². The van der Waals surface area contributed by atoms with Gasteiger partial charge in [-0.25, -0.2) is 4.98 Å². The van der Waals surface area contributed by atoms with Gasteiger partial charge in [0.2, 0.25) is 5.95 Å². The fraction of sp³-hybridized carbons (Fsp3) is 0.727. The third-order valence-corrected chi connectivity index (χ3v) is 3.80. The molecule has 3 N–H and O–H groups in total. The molecule has 4 atom stereocenters. The van der Waals surface area contributed by atoms with Crippen molar-refractivity contribution >= 4 is 5.95 Å². The van der Waals surface area contributed by atoms with E-state index >= 15 is 0 Å². The first kappa shape index (κ1) is 10.1. The maximum absolute atomic E-state index is 6.14. The predicted molar refractivity (Wildman–Crippen MR) is 61.1 cm³/mol. The third-order valence-electron chi connectivity index (χ3n) is 3.80. The van der Waals surface area contributed by atoms with Crippen LogP contribution < -0.4 is 11.1 Å².